The van der Waals surface area contributed by atoms with Crippen molar-refractivity contribution in [3.05, 3.63) is 18.7 Å². The molecule has 2 aromatic heterocycles. The van der Waals surface area contributed by atoms with E-state index in [1.165, 1.54) is 12.8 Å². The summed E-state index contributed by atoms with van der Waals surface area (Å²) in [5.74, 6) is 0.759. The van der Waals surface area contributed by atoms with Crippen LogP contribution in [-0.4, -0.2) is 37.8 Å². The second-order valence-electron chi connectivity index (χ2n) is 4.66. The zero-order valence-electron chi connectivity index (χ0n) is 9.50. The molecule has 0 unspecified atom stereocenters. The molecule has 2 aromatic rings. The number of fused-ring (bicyclic) bond motifs is 1. The van der Waals surface area contributed by atoms with E-state index in [2.05, 4.69) is 20.5 Å². The summed E-state index contributed by atoms with van der Waals surface area (Å²) in [6.07, 6.45) is 8.41. The predicted molar refractivity (Wildman–Crippen MR) is 62.6 cm³/mol. The zero-order chi connectivity index (χ0) is 11.7. The summed E-state index contributed by atoms with van der Waals surface area (Å²) in [4.78, 5) is 4.27. The molecule has 0 bridgehead atoms. The van der Waals surface area contributed by atoms with Gasteiger partial charge in [-0.05, 0) is 24.7 Å². The molecular weight excluding hydrogens is 218 g/mol. The lowest BCUT2D eigenvalue weighted by atomic mass is 10.0. The molecule has 90 valence electrons. The summed E-state index contributed by atoms with van der Waals surface area (Å²) in [7, 11) is 0. The molecule has 0 aromatic carbocycles. The van der Waals surface area contributed by atoms with E-state index in [9.17, 15) is 0 Å². The summed E-state index contributed by atoms with van der Waals surface area (Å²) in [5.41, 5.74) is 1.01. The minimum Gasteiger partial charge on any atom is -0.396 e. The Kier molecular flexibility index (Phi) is 2.44. The van der Waals surface area contributed by atoms with Gasteiger partial charge in [-0.3, -0.25) is 4.40 Å². The van der Waals surface area contributed by atoms with Crippen LogP contribution in [0.15, 0.2) is 18.7 Å². The second kappa shape index (κ2) is 3.96. The minimum absolute atomic E-state index is 0.254. The van der Waals surface area contributed by atoms with Crippen molar-refractivity contribution in [1.29, 1.82) is 0 Å². The van der Waals surface area contributed by atoms with E-state index in [0.717, 1.165) is 24.4 Å². The van der Waals surface area contributed by atoms with E-state index in [-0.39, 0.29) is 12.0 Å². The van der Waals surface area contributed by atoms with Gasteiger partial charge in [0, 0.05) is 25.5 Å². The molecule has 0 atom stereocenters. The Balaban J connectivity index is 1.75. The summed E-state index contributed by atoms with van der Waals surface area (Å²) in [5, 5.41) is 20.2. The first-order chi connectivity index (χ1) is 8.33. The molecule has 2 N–H and O–H groups in total. The summed E-state index contributed by atoms with van der Waals surface area (Å²) >= 11 is 0. The quantitative estimate of drug-likeness (QED) is 0.795. The molecule has 1 saturated carbocycles. The summed E-state index contributed by atoms with van der Waals surface area (Å²) in [6, 6.07) is 0. The highest BCUT2D eigenvalue weighted by Gasteiger charge is 2.41. The molecule has 0 saturated heterocycles. The number of anilines is 1. The molecule has 17 heavy (non-hydrogen) atoms. The van der Waals surface area contributed by atoms with Crippen molar-refractivity contribution >= 4 is 11.5 Å². The van der Waals surface area contributed by atoms with Crippen LogP contribution in [-0.2, 0) is 0 Å². The Bertz CT molecular complexity index is 519. The van der Waals surface area contributed by atoms with E-state index >= 15 is 0 Å². The highest BCUT2D eigenvalue weighted by atomic mass is 16.3. The molecular formula is C11H15N5O. The lowest BCUT2D eigenvalue weighted by molar-refractivity contribution is 0.253. The number of aliphatic hydroxyl groups is 1. The lowest BCUT2D eigenvalue weighted by Crippen LogP contribution is -2.17. The normalized spacial score (nSPS) is 17.2. The van der Waals surface area contributed by atoms with Gasteiger partial charge in [-0.15, -0.1) is 10.2 Å². The fourth-order valence-electron chi connectivity index (χ4n) is 2.08. The molecule has 6 nitrogen and oxygen atoms in total. The van der Waals surface area contributed by atoms with Crippen molar-refractivity contribution in [3.63, 3.8) is 0 Å². The van der Waals surface area contributed by atoms with Crippen molar-refractivity contribution in [2.45, 2.75) is 19.3 Å². The first-order valence-corrected chi connectivity index (χ1v) is 5.82. The van der Waals surface area contributed by atoms with Crippen LogP contribution in [0.25, 0.3) is 5.65 Å². The molecule has 6 heteroatoms. The first kappa shape index (κ1) is 10.5. The first-order valence-electron chi connectivity index (χ1n) is 5.82. The van der Waals surface area contributed by atoms with Gasteiger partial charge in [-0.25, -0.2) is 4.98 Å². The monoisotopic (exact) mass is 233 g/mol. The third-order valence-corrected chi connectivity index (χ3v) is 3.45. The lowest BCUT2D eigenvalue weighted by Gasteiger charge is -2.14. The SMILES string of the molecule is OCCC1(CNc2nccn3cnnc23)CC1. The molecule has 2 heterocycles. The molecule has 1 fully saturated rings. The highest BCUT2D eigenvalue weighted by molar-refractivity contribution is 5.61. The van der Waals surface area contributed by atoms with Crippen molar-refractivity contribution in [2.24, 2.45) is 5.41 Å². The molecule has 1 aliphatic carbocycles. The van der Waals surface area contributed by atoms with Crippen LogP contribution in [0.2, 0.25) is 0 Å². The maximum absolute atomic E-state index is 9.01. The fourth-order valence-corrected chi connectivity index (χ4v) is 2.08. The zero-order valence-corrected chi connectivity index (χ0v) is 9.50. The van der Waals surface area contributed by atoms with Crippen LogP contribution in [0, 0.1) is 5.41 Å². The van der Waals surface area contributed by atoms with E-state index in [4.69, 9.17) is 5.11 Å². The van der Waals surface area contributed by atoms with E-state index in [1.54, 1.807) is 12.5 Å². The van der Waals surface area contributed by atoms with E-state index in [0.29, 0.717) is 0 Å². The van der Waals surface area contributed by atoms with Crippen molar-refractivity contribution in [3.8, 4) is 0 Å². The van der Waals surface area contributed by atoms with E-state index in [1.807, 2.05) is 10.6 Å². The molecule has 1 aliphatic rings. The molecule has 0 radical (unpaired) electrons. The van der Waals surface area contributed by atoms with Crippen LogP contribution in [0.3, 0.4) is 0 Å². The summed E-state index contributed by atoms with van der Waals surface area (Å²) in [6.45, 7) is 1.09. The van der Waals surface area contributed by atoms with Gasteiger partial charge < -0.3 is 10.4 Å². The van der Waals surface area contributed by atoms with Crippen LogP contribution in [0.4, 0.5) is 5.82 Å². The third-order valence-electron chi connectivity index (χ3n) is 3.45. The van der Waals surface area contributed by atoms with Gasteiger partial charge >= 0.3 is 0 Å². The second-order valence-corrected chi connectivity index (χ2v) is 4.66. The standard InChI is InChI=1S/C11H15N5O/c17-6-3-11(1-2-11)7-13-9-10-15-14-8-16(10)5-4-12-9/h4-5,8,17H,1-3,6-7H2,(H,12,13). The molecule has 0 aliphatic heterocycles. The Labute approximate surface area is 98.7 Å². The van der Waals surface area contributed by atoms with Crippen LogP contribution < -0.4 is 5.32 Å². The maximum atomic E-state index is 9.01. The number of aromatic nitrogens is 4. The van der Waals surface area contributed by atoms with Gasteiger partial charge in [0.1, 0.15) is 6.33 Å². The number of aliphatic hydroxyl groups excluding tert-OH is 1. The van der Waals surface area contributed by atoms with Crippen LogP contribution in [0.5, 0.6) is 0 Å². The highest BCUT2D eigenvalue weighted by Crippen LogP contribution is 2.48. The number of hydrogen-bond acceptors (Lipinski definition) is 5. The van der Waals surface area contributed by atoms with Gasteiger partial charge in [0.15, 0.2) is 5.82 Å². The Morgan fingerprint density at radius 3 is 3.12 bits per heavy atom. The maximum Gasteiger partial charge on any atom is 0.203 e. The van der Waals surface area contributed by atoms with Gasteiger partial charge in [0.05, 0.1) is 0 Å². The number of nitrogens with zero attached hydrogens (tertiary/aromatic N) is 4. The van der Waals surface area contributed by atoms with Gasteiger partial charge in [0.2, 0.25) is 5.65 Å². The number of hydrogen-bond donors (Lipinski definition) is 2. The minimum atomic E-state index is 0.254. The topological polar surface area (TPSA) is 75.3 Å². The summed E-state index contributed by atoms with van der Waals surface area (Å²) < 4.78 is 1.83. The van der Waals surface area contributed by atoms with Crippen LogP contribution in [0.1, 0.15) is 19.3 Å². The molecule has 0 amide bonds. The van der Waals surface area contributed by atoms with Crippen molar-refractivity contribution in [1.82, 2.24) is 19.6 Å². The van der Waals surface area contributed by atoms with Gasteiger partial charge in [0.25, 0.3) is 0 Å². The van der Waals surface area contributed by atoms with Crippen LogP contribution >= 0.6 is 0 Å². The molecule has 0 spiro atoms. The third kappa shape index (κ3) is 1.95. The van der Waals surface area contributed by atoms with Crippen molar-refractivity contribution < 1.29 is 5.11 Å². The number of rotatable bonds is 5. The predicted octanol–water partition coefficient (Wildman–Crippen LogP) is 0.699. The largest absolute Gasteiger partial charge is 0.396 e. The Morgan fingerprint density at radius 2 is 2.35 bits per heavy atom. The Hall–Kier alpha value is -1.69. The molecule has 3 rings (SSSR count). The average Bonchev–Trinajstić information content (AvgIpc) is 2.92. The number of nitrogens with one attached hydrogen (secondary N) is 1. The fraction of sp³-hybridized carbons (Fsp3) is 0.545. The smallest absolute Gasteiger partial charge is 0.203 e. The van der Waals surface area contributed by atoms with Gasteiger partial charge in [-0.2, -0.15) is 0 Å². The van der Waals surface area contributed by atoms with Crippen molar-refractivity contribution in [2.75, 3.05) is 18.5 Å². The van der Waals surface area contributed by atoms with Gasteiger partial charge in [-0.1, -0.05) is 0 Å². The van der Waals surface area contributed by atoms with E-state index < -0.39 is 0 Å². The average molecular weight is 233 g/mol. The Morgan fingerprint density at radius 1 is 1.47 bits per heavy atom.